The molecule has 12 heteroatoms. The second-order valence-corrected chi connectivity index (χ2v) is 12.7. The predicted octanol–water partition coefficient (Wildman–Crippen LogP) is 4.87. The Morgan fingerprint density at radius 1 is 0.979 bits per heavy atom. The molecule has 3 amide bonds. The van der Waals surface area contributed by atoms with Crippen molar-refractivity contribution in [3.05, 3.63) is 93.7 Å². The van der Waals surface area contributed by atoms with E-state index in [2.05, 4.69) is 20.6 Å². The average molecular weight is 646 g/mol. The first kappa shape index (κ1) is 31.0. The molecular formula is C35H34F3N5O4. The van der Waals surface area contributed by atoms with Gasteiger partial charge in [-0.2, -0.15) is 0 Å². The smallest absolute Gasteiger partial charge is 0.253 e. The van der Waals surface area contributed by atoms with Crippen LogP contribution in [-0.2, 0) is 20.7 Å². The van der Waals surface area contributed by atoms with Crippen molar-refractivity contribution in [3.8, 4) is 0 Å². The van der Waals surface area contributed by atoms with E-state index in [0.717, 1.165) is 41.7 Å². The molecule has 244 valence electrons. The number of fused-ring (bicyclic) bond motifs is 9. The van der Waals surface area contributed by atoms with Crippen LogP contribution in [0.1, 0.15) is 82.7 Å². The van der Waals surface area contributed by atoms with Gasteiger partial charge in [-0.15, -0.1) is 0 Å². The number of halogens is 3. The zero-order chi connectivity index (χ0) is 32.8. The Morgan fingerprint density at radius 2 is 1.79 bits per heavy atom. The van der Waals surface area contributed by atoms with E-state index in [1.54, 1.807) is 19.2 Å². The number of ether oxygens (including phenoxy) is 1. The zero-order valence-electron chi connectivity index (χ0n) is 25.8. The van der Waals surface area contributed by atoms with Crippen molar-refractivity contribution in [2.24, 2.45) is 5.92 Å². The summed E-state index contributed by atoms with van der Waals surface area (Å²) in [5, 5.41) is 5.67. The molecule has 2 N–H and O–H groups in total. The van der Waals surface area contributed by atoms with Gasteiger partial charge in [0, 0.05) is 61.2 Å². The van der Waals surface area contributed by atoms with Gasteiger partial charge in [0.05, 0.1) is 17.2 Å². The Balaban J connectivity index is 1.24. The van der Waals surface area contributed by atoms with E-state index in [0.29, 0.717) is 37.6 Å². The fraction of sp³-hybridized carbons (Fsp3) is 0.400. The van der Waals surface area contributed by atoms with Crippen LogP contribution in [-0.4, -0.2) is 64.4 Å². The number of piperidine rings is 1. The molecule has 0 spiro atoms. The van der Waals surface area contributed by atoms with Gasteiger partial charge in [-0.1, -0.05) is 12.2 Å². The van der Waals surface area contributed by atoms with Crippen LogP contribution in [0.2, 0.25) is 0 Å². The topological polar surface area (TPSA) is 114 Å². The number of carbonyl (C=O) groups is 3. The van der Waals surface area contributed by atoms with Crippen LogP contribution in [0.15, 0.2) is 42.7 Å². The van der Waals surface area contributed by atoms with Crippen molar-refractivity contribution in [1.82, 2.24) is 20.2 Å². The summed E-state index contributed by atoms with van der Waals surface area (Å²) in [4.78, 5) is 51.1. The lowest BCUT2D eigenvalue weighted by atomic mass is 9.81. The van der Waals surface area contributed by atoms with E-state index in [9.17, 15) is 18.8 Å². The summed E-state index contributed by atoms with van der Waals surface area (Å²) < 4.78 is 50.2. The van der Waals surface area contributed by atoms with E-state index in [-0.39, 0.29) is 30.4 Å². The van der Waals surface area contributed by atoms with Crippen molar-refractivity contribution in [3.63, 3.8) is 0 Å². The molecule has 1 aromatic carbocycles. The van der Waals surface area contributed by atoms with Gasteiger partial charge in [0.1, 0.15) is 17.7 Å². The van der Waals surface area contributed by atoms with Crippen LogP contribution in [0.3, 0.4) is 0 Å². The third kappa shape index (κ3) is 5.68. The lowest BCUT2D eigenvalue weighted by Crippen LogP contribution is -2.58. The number of rotatable bonds is 1. The lowest BCUT2D eigenvalue weighted by molar-refractivity contribution is -0.139. The minimum Gasteiger partial charge on any atom is -0.381 e. The predicted molar refractivity (Wildman–Crippen MR) is 166 cm³/mol. The number of benzene rings is 1. The molecule has 2 aromatic heterocycles. The Hall–Kier alpha value is -4.58. The summed E-state index contributed by atoms with van der Waals surface area (Å²) >= 11 is 0. The van der Waals surface area contributed by atoms with Crippen LogP contribution >= 0.6 is 0 Å². The number of allylic oxidation sites excluding steroid dienone is 1. The molecule has 8 bridgehead atoms. The Morgan fingerprint density at radius 3 is 2.64 bits per heavy atom. The highest BCUT2D eigenvalue weighted by Gasteiger charge is 2.45. The first-order chi connectivity index (χ1) is 22.7. The number of nitrogens with zero attached hydrogens (tertiary/aromatic N) is 3. The number of aromatic nitrogens is 2. The molecule has 8 rings (SSSR count). The summed E-state index contributed by atoms with van der Waals surface area (Å²) in [6.45, 7) is 2.75. The fourth-order valence-corrected chi connectivity index (χ4v) is 7.43. The maximum Gasteiger partial charge on any atom is 0.253 e. The van der Waals surface area contributed by atoms with Crippen molar-refractivity contribution in [1.29, 1.82) is 0 Å². The van der Waals surface area contributed by atoms with Crippen molar-refractivity contribution >= 4 is 29.6 Å². The van der Waals surface area contributed by atoms with E-state index in [1.165, 1.54) is 11.1 Å². The molecule has 0 radical (unpaired) electrons. The molecule has 5 atom stereocenters. The first-order valence-corrected chi connectivity index (χ1v) is 16.0. The van der Waals surface area contributed by atoms with Crippen LogP contribution in [0, 0.1) is 23.4 Å². The molecule has 47 heavy (non-hydrogen) atoms. The van der Waals surface area contributed by atoms with Crippen molar-refractivity contribution in [2.45, 2.75) is 62.9 Å². The second kappa shape index (κ2) is 12.6. The highest BCUT2D eigenvalue weighted by Crippen LogP contribution is 2.47. The largest absolute Gasteiger partial charge is 0.381 e. The average Bonchev–Trinajstić information content (AvgIpc) is 3.45. The molecule has 5 aliphatic rings. The molecule has 4 aliphatic heterocycles. The van der Waals surface area contributed by atoms with Crippen LogP contribution in [0.5, 0.6) is 0 Å². The maximum absolute atomic E-state index is 15.1. The third-order valence-electron chi connectivity index (χ3n) is 9.81. The van der Waals surface area contributed by atoms with Gasteiger partial charge in [-0.3, -0.25) is 19.4 Å². The van der Waals surface area contributed by atoms with Gasteiger partial charge in [-0.05, 0) is 74.4 Å². The van der Waals surface area contributed by atoms with Gasteiger partial charge < -0.3 is 20.3 Å². The SMILES string of the molecule is C[C@@H]1[C@H](c2c(F)ccc(F)c2F)C[C@@H]2NC(=O)c3cnc4c(c3)C[C@@H]3C(=O)Nc5ncc(cc5C43)/C=C/CCCOCCCN1C2=O. The van der Waals surface area contributed by atoms with Gasteiger partial charge in [0.25, 0.3) is 5.91 Å². The number of hydrogen-bond acceptors (Lipinski definition) is 6. The molecule has 0 saturated carbocycles. The first-order valence-electron chi connectivity index (χ1n) is 16.0. The summed E-state index contributed by atoms with van der Waals surface area (Å²) in [7, 11) is 0. The fourth-order valence-electron chi connectivity index (χ4n) is 7.43. The molecular weight excluding hydrogens is 611 g/mol. The number of pyridine rings is 2. The minimum atomic E-state index is -1.30. The van der Waals surface area contributed by atoms with E-state index in [4.69, 9.17) is 4.74 Å². The number of nitrogens with one attached hydrogen (secondary N) is 2. The number of amides is 3. The molecule has 9 nitrogen and oxygen atoms in total. The molecule has 6 heterocycles. The number of anilines is 1. The molecule has 1 saturated heterocycles. The van der Waals surface area contributed by atoms with Gasteiger partial charge in [0.2, 0.25) is 11.8 Å². The minimum absolute atomic E-state index is 0.127. The zero-order valence-corrected chi connectivity index (χ0v) is 25.8. The molecule has 3 aromatic rings. The molecule has 1 unspecified atom stereocenters. The summed E-state index contributed by atoms with van der Waals surface area (Å²) in [5.74, 6) is -5.75. The van der Waals surface area contributed by atoms with Gasteiger partial charge in [-0.25, -0.2) is 18.2 Å². The molecule has 1 aliphatic carbocycles. The van der Waals surface area contributed by atoms with Crippen LogP contribution in [0.25, 0.3) is 6.08 Å². The van der Waals surface area contributed by atoms with Crippen LogP contribution < -0.4 is 10.6 Å². The van der Waals surface area contributed by atoms with E-state index < -0.39 is 58.7 Å². The summed E-state index contributed by atoms with van der Waals surface area (Å²) in [6, 6.07) is 3.49. The molecule has 1 fully saturated rings. The summed E-state index contributed by atoms with van der Waals surface area (Å²) in [5.41, 5.74) is 2.93. The number of carbonyl (C=O) groups excluding carboxylic acids is 3. The Labute approximate surface area is 269 Å². The summed E-state index contributed by atoms with van der Waals surface area (Å²) in [6.07, 6.45) is 9.40. The quantitative estimate of drug-likeness (QED) is 0.366. The Bertz CT molecular complexity index is 1800. The normalized spacial score (nSPS) is 26.8. The Kier molecular flexibility index (Phi) is 8.29. The monoisotopic (exact) mass is 645 g/mol. The van der Waals surface area contributed by atoms with Crippen LogP contribution in [0.4, 0.5) is 19.0 Å². The lowest BCUT2D eigenvalue weighted by Gasteiger charge is -2.43. The van der Waals surface area contributed by atoms with Crippen molar-refractivity contribution < 1.29 is 32.3 Å². The van der Waals surface area contributed by atoms with Crippen molar-refractivity contribution in [2.75, 3.05) is 25.1 Å². The highest BCUT2D eigenvalue weighted by atomic mass is 19.2. The standard InChI is InChI=1S/C35H34F3N5O4/c1-18-22(29-25(36)7-8-26(37)30(29)38)15-27-35(46)43(18)9-5-11-47-10-4-2-3-6-19-12-23-28-24(34(45)42-32(23)40-16-19)14-20-13-21(33(44)41-27)17-39-31(20)28/h3,6-8,12-13,16-18,22,24,27-28H,2,4-5,9-11,14-15H2,1H3,(H,41,44)(H,40,42,45)/b6-3+/t18-,22-,24+,27+,28?/m1/s1. The van der Waals surface area contributed by atoms with E-state index in [1.807, 2.05) is 18.2 Å². The number of hydrogen-bond donors (Lipinski definition) is 2. The van der Waals surface area contributed by atoms with Gasteiger partial charge >= 0.3 is 0 Å². The van der Waals surface area contributed by atoms with Gasteiger partial charge in [0.15, 0.2) is 11.6 Å². The second-order valence-electron chi connectivity index (χ2n) is 12.7. The highest BCUT2D eigenvalue weighted by molar-refractivity contribution is 5.99. The third-order valence-corrected chi connectivity index (χ3v) is 9.81. The maximum atomic E-state index is 15.1. The van der Waals surface area contributed by atoms with E-state index >= 15 is 8.78 Å².